The van der Waals surface area contributed by atoms with E-state index in [0.29, 0.717) is 17.0 Å². The minimum absolute atomic E-state index is 0.352. The Morgan fingerprint density at radius 3 is 2.38 bits per heavy atom. The number of aromatic nitrogens is 2. The molecule has 2 aromatic carbocycles. The van der Waals surface area contributed by atoms with E-state index in [9.17, 15) is 9.59 Å². The molecule has 0 bridgehead atoms. The zero-order valence-corrected chi connectivity index (χ0v) is 16.8. The lowest BCUT2D eigenvalue weighted by atomic mass is 10.1. The van der Waals surface area contributed by atoms with Gasteiger partial charge in [0.15, 0.2) is 6.10 Å². The summed E-state index contributed by atoms with van der Waals surface area (Å²) >= 11 is 0. The van der Waals surface area contributed by atoms with Crippen LogP contribution in [0.15, 0.2) is 48.5 Å². The van der Waals surface area contributed by atoms with Crippen LogP contribution in [0.1, 0.15) is 28.7 Å². The Balaban J connectivity index is 1.63. The van der Waals surface area contributed by atoms with Crippen molar-refractivity contribution in [2.24, 2.45) is 0 Å². The first kappa shape index (κ1) is 20.1. The van der Waals surface area contributed by atoms with E-state index in [1.165, 1.54) is 14.0 Å². The van der Waals surface area contributed by atoms with Crippen LogP contribution in [-0.4, -0.2) is 35.1 Å². The fraction of sp³-hybridized carbons (Fsp3) is 0.227. The van der Waals surface area contributed by atoms with Crippen molar-refractivity contribution in [2.45, 2.75) is 26.9 Å². The van der Waals surface area contributed by atoms with Crippen LogP contribution in [0.5, 0.6) is 5.75 Å². The number of anilines is 1. The van der Waals surface area contributed by atoms with Crippen molar-refractivity contribution in [1.29, 1.82) is 0 Å². The molecular weight excluding hydrogens is 370 g/mol. The molecule has 0 fully saturated rings. The summed E-state index contributed by atoms with van der Waals surface area (Å²) in [6.07, 6.45) is -0.970. The van der Waals surface area contributed by atoms with Gasteiger partial charge in [-0.1, -0.05) is 24.3 Å². The number of methoxy groups -OCH3 is 1. The van der Waals surface area contributed by atoms with Gasteiger partial charge in [0.05, 0.1) is 24.1 Å². The fourth-order valence-corrected chi connectivity index (χ4v) is 2.71. The van der Waals surface area contributed by atoms with Crippen LogP contribution < -0.4 is 10.1 Å². The third-order valence-electron chi connectivity index (χ3n) is 4.54. The molecule has 1 unspecified atom stereocenters. The second-order valence-electron chi connectivity index (χ2n) is 6.61. The van der Waals surface area contributed by atoms with E-state index >= 15 is 0 Å². The maximum atomic E-state index is 12.4. The highest BCUT2D eigenvalue weighted by Gasteiger charge is 2.20. The highest BCUT2D eigenvalue weighted by atomic mass is 16.5. The zero-order chi connectivity index (χ0) is 21.0. The van der Waals surface area contributed by atoms with E-state index in [1.54, 1.807) is 48.5 Å². The molecule has 0 aliphatic rings. The fourth-order valence-electron chi connectivity index (χ4n) is 2.71. The number of imidazole rings is 1. The summed E-state index contributed by atoms with van der Waals surface area (Å²) < 4.78 is 10.5. The third-order valence-corrected chi connectivity index (χ3v) is 4.54. The van der Waals surface area contributed by atoms with E-state index in [0.717, 1.165) is 22.8 Å². The van der Waals surface area contributed by atoms with Crippen molar-refractivity contribution in [2.75, 3.05) is 12.4 Å². The number of esters is 1. The molecule has 7 nitrogen and oxygen atoms in total. The Kier molecular flexibility index (Phi) is 5.97. The van der Waals surface area contributed by atoms with Crippen LogP contribution in [-0.2, 0) is 9.53 Å². The van der Waals surface area contributed by atoms with E-state index in [-0.39, 0.29) is 0 Å². The van der Waals surface area contributed by atoms with Gasteiger partial charge in [-0.25, -0.2) is 9.78 Å². The quantitative estimate of drug-likeness (QED) is 0.620. The van der Waals surface area contributed by atoms with Gasteiger partial charge in [0.25, 0.3) is 5.91 Å². The molecule has 0 saturated carbocycles. The molecule has 2 N–H and O–H groups in total. The number of amides is 1. The topological polar surface area (TPSA) is 93.3 Å². The lowest BCUT2D eigenvalue weighted by Crippen LogP contribution is -2.30. The smallest absolute Gasteiger partial charge is 0.338 e. The Labute approximate surface area is 169 Å². The number of aromatic amines is 1. The van der Waals surface area contributed by atoms with Crippen molar-refractivity contribution in [1.82, 2.24) is 9.97 Å². The summed E-state index contributed by atoms with van der Waals surface area (Å²) in [6, 6.07) is 13.9. The van der Waals surface area contributed by atoms with Gasteiger partial charge in [-0.3, -0.25) is 4.79 Å². The first-order valence-electron chi connectivity index (χ1n) is 9.17. The number of ether oxygens (including phenoxy) is 2. The average molecular weight is 393 g/mol. The summed E-state index contributed by atoms with van der Waals surface area (Å²) in [7, 11) is 1.52. The molecule has 3 rings (SSSR count). The van der Waals surface area contributed by atoms with Crippen LogP contribution in [0.25, 0.3) is 11.4 Å². The van der Waals surface area contributed by atoms with E-state index in [2.05, 4.69) is 15.3 Å². The van der Waals surface area contributed by atoms with Gasteiger partial charge in [0.2, 0.25) is 0 Å². The van der Waals surface area contributed by atoms with Crippen LogP contribution in [0, 0.1) is 13.8 Å². The molecule has 1 heterocycles. The molecule has 1 atom stereocenters. The van der Waals surface area contributed by atoms with Crippen molar-refractivity contribution >= 4 is 17.6 Å². The van der Waals surface area contributed by atoms with Gasteiger partial charge in [0, 0.05) is 11.3 Å². The molecule has 7 heteroatoms. The molecule has 1 amide bonds. The molecule has 0 radical (unpaired) electrons. The molecule has 0 aliphatic carbocycles. The van der Waals surface area contributed by atoms with Gasteiger partial charge in [0.1, 0.15) is 11.6 Å². The maximum absolute atomic E-state index is 12.4. The maximum Gasteiger partial charge on any atom is 0.338 e. The van der Waals surface area contributed by atoms with E-state index in [4.69, 9.17) is 9.47 Å². The number of hydrogen-bond donors (Lipinski definition) is 2. The van der Waals surface area contributed by atoms with Gasteiger partial charge in [-0.15, -0.1) is 0 Å². The predicted octanol–water partition coefficient (Wildman–Crippen LogP) is 3.89. The Morgan fingerprint density at radius 2 is 1.76 bits per heavy atom. The van der Waals surface area contributed by atoms with Crippen LogP contribution in [0.4, 0.5) is 5.69 Å². The number of nitrogens with zero attached hydrogens (tertiary/aromatic N) is 1. The molecular formula is C22H23N3O4. The Hall–Kier alpha value is -3.61. The molecule has 0 aliphatic heterocycles. The highest BCUT2D eigenvalue weighted by Crippen LogP contribution is 2.23. The summed E-state index contributed by atoms with van der Waals surface area (Å²) in [6.45, 7) is 5.40. The van der Waals surface area contributed by atoms with Crippen LogP contribution in [0.2, 0.25) is 0 Å². The number of para-hydroxylation sites is 2. The van der Waals surface area contributed by atoms with Gasteiger partial charge in [-0.2, -0.15) is 0 Å². The monoisotopic (exact) mass is 393 g/mol. The van der Waals surface area contributed by atoms with Gasteiger partial charge in [-0.05, 0) is 45.0 Å². The number of nitrogens with one attached hydrogen (secondary N) is 2. The minimum atomic E-state index is -0.970. The Bertz CT molecular complexity index is 1010. The van der Waals surface area contributed by atoms with Crippen molar-refractivity contribution in [3.8, 4) is 17.1 Å². The number of carbonyl (C=O) groups excluding carboxylic acids is 2. The molecule has 0 spiro atoms. The largest absolute Gasteiger partial charge is 0.495 e. The van der Waals surface area contributed by atoms with Crippen molar-refractivity contribution in [3.05, 3.63) is 65.5 Å². The van der Waals surface area contributed by atoms with Gasteiger partial charge < -0.3 is 19.8 Å². The van der Waals surface area contributed by atoms with E-state index < -0.39 is 18.0 Å². The number of rotatable bonds is 6. The van der Waals surface area contributed by atoms with Crippen LogP contribution in [0.3, 0.4) is 0 Å². The third kappa shape index (κ3) is 4.63. The van der Waals surface area contributed by atoms with Crippen LogP contribution >= 0.6 is 0 Å². The first-order valence-corrected chi connectivity index (χ1v) is 9.17. The minimum Gasteiger partial charge on any atom is -0.495 e. The average Bonchev–Trinajstić information content (AvgIpc) is 3.06. The normalized spacial score (nSPS) is 11.6. The number of benzene rings is 2. The summed E-state index contributed by atoms with van der Waals surface area (Å²) in [5, 5.41) is 2.70. The highest BCUT2D eigenvalue weighted by molar-refractivity contribution is 5.98. The second-order valence-corrected chi connectivity index (χ2v) is 6.61. The molecule has 3 aromatic rings. The lowest BCUT2D eigenvalue weighted by Gasteiger charge is -2.15. The predicted molar refractivity (Wildman–Crippen MR) is 110 cm³/mol. The SMILES string of the molecule is COc1ccccc1NC(=O)C(C)OC(=O)c1ccc(-c2nc(C)c(C)[nH]2)cc1. The molecule has 150 valence electrons. The number of aryl methyl sites for hydroxylation is 2. The standard InChI is InChI=1S/C22H23N3O4/c1-13-14(2)24-20(23-13)16-9-11-17(12-10-16)22(27)29-15(3)21(26)25-18-7-5-6-8-19(18)28-4/h5-12,15H,1-4H3,(H,23,24)(H,25,26). The number of carbonyl (C=O) groups is 2. The van der Waals surface area contributed by atoms with Gasteiger partial charge >= 0.3 is 5.97 Å². The molecule has 0 saturated heterocycles. The van der Waals surface area contributed by atoms with Crippen molar-refractivity contribution < 1.29 is 19.1 Å². The second kappa shape index (κ2) is 8.60. The molecule has 1 aromatic heterocycles. The number of H-pyrrole nitrogens is 1. The summed E-state index contributed by atoms with van der Waals surface area (Å²) in [5.41, 5.74) is 3.65. The molecule has 29 heavy (non-hydrogen) atoms. The first-order chi connectivity index (χ1) is 13.9. The van der Waals surface area contributed by atoms with Crippen molar-refractivity contribution in [3.63, 3.8) is 0 Å². The Morgan fingerprint density at radius 1 is 1.07 bits per heavy atom. The van der Waals surface area contributed by atoms with E-state index in [1.807, 2.05) is 13.8 Å². The summed E-state index contributed by atoms with van der Waals surface area (Å²) in [5.74, 6) is 0.245. The zero-order valence-electron chi connectivity index (χ0n) is 16.8. The summed E-state index contributed by atoms with van der Waals surface area (Å²) in [4.78, 5) is 32.4. The lowest BCUT2D eigenvalue weighted by molar-refractivity contribution is -0.123. The number of hydrogen-bond acceptors (Lipinski definition) is 5.